The van der Waals surface area contributed by atoms with E-state index >= 15 is 0 Å². The highest BCUT2D eigenvalue weighted by Crippen LogP contribution is 2.38. The molecule has 0 spiro atoms. The number of unbranched alkanes of at least 4 members (excludes halogenated alkanes) is 14. The third-order valence-electron chi connectivity index (χ3n) is 9.88. The van der Waals surface area contributed by atoms with E-state index in [0.29, 0.717) is 0 Å². The van der Waals surface area contributed by atoms with Crippen LogP contribution in [0.25, 0.3) is 0 Å². The van der Waals surface area contributed by atoms with E-state index in [9.17, 15) is 0 Å². The summed E-state index contributed by atoms with van der Waals surface area (Å²) in [5, 5.41) is 0. The Morgan fingerprint density at radius 2 is 0.944 bits per heavy atom. The zero-order chi connectivity index (χ0) is 26.3. The molecule has 0 aromatic rings. The van der Waals surface area contributed by atoms with Crippen LogP contribution in [0, 0.1) is 5.92 Å². The van der Waals surface area contributed by atoms with E-state index < -0.39 is 0 Å². The van der Waals surface area contributed by atoms with Crippen molar-refractivity contribution in [3.8, 4) is 0 Å². The van der Waals surface area contributed by atoms with E-state index in [1.807, 2.05) is 0 Å². The van der Waals surface area contributed by atoms with Crippen LogP contribution in [0.3, 0.4) is 0 Å². The number of nitrogens with zero attached hydrogens (tertiary/aromatic N) is 1. The lowest BCUT2D eigenvalue weighted by Gasteiger charge is -2.51. The summed E-state index contributed by atoms with van der Waals surface area (Å²) in [6.45, 7) is 11.0. The molecule has 1 saturated carbocycles. The van der Waals surface area contributed by atoms with E-state index in [1.165, 1.54) is 178 Å². The van der Waals surface area contributed by atoms with E-state index in [-0.39, 0.29) is 0 Å². The maximum absolute atomic E-state index is 2.73. The van der Waals surface area contributed by atoms with Crippen LogP contribution >= 0.6 is 0 Å². The molecule has 0 aromatic heterocycles. The van der Waals surface area contributed by atoms with Gasteiger partial charge in [-0.25, -0.2) is 0 Å². The maximum atomic E-state index is 2.73. The Bertz CT molecular complexity index is 448. The van der Waals surface area contributed by atoms with Crippen molar-refractivity contribution in [3.05, 3.63) is 0 Å². The lowest BCUT2D eigenvalue weighted by atomic mass is 9.79. The lowest BCUT2D eigenvalue weighted by molar-refractivity contribution is -0.961. The van der Waals surface area contributed by atoms with Gasteiger partial charge in [0.1, 0.15) is 0 Å². The summed E-state index contributed by atoms with van der Waals surface area (Å²) in [5.41, 5.74) is 0. The van der Waals surface area contributed by atoms with Crippen LogP contribution in [0.2, 0.25) is 0 Å². The van der Waals surface area contributed by atoms with Gasteiger partial charge in [0.25, 0.3) is 0 Å². The van der Waals surface area contributed by atoms with Crippen molar-refractivity contribution in [1.29, 1.82) is 0 Å². The minimum absolute atomic E-state index is 0.894. The first-order chi connectivity index (χ1) is 17.6. The highest BCUT2D eigenvalue weighted by atomic mass is 15.4. The van der Waals surface area contributed by atoms with Gasteiger partial charge in [0, 0.05) is 5.92 Å². The number of hydrogen-bond donors (Lipinski definition) is 0. The van der Waals surface area contributed by atoms with Gasteiger partial charge in [-0.3, -0.25) is 0 Å². The fraction of sp³-hybridized carbons (Fsp3) is 1.00. The van der Waals surface area contributed by atoms with Crippen molar-refractivity contribution in [1.82, 2.24) is 0 Å². The van der Waals surface area contributed by atoms with Gasteiger partial charge in [0.2, 0.25) is 0 Å². The Balaban J connectivity index is 2.48. The quantitative estimate of drug-likeness (QED) is 0.0852. The Morgan fingerprint density at radius 1 is 0.500 bits per heavy atom. The normalized spacial score (nSPS) is 17.5. The van der Waals surface area contributed by atoms with Gasteiger partial charge in [-0.2, -0.15) is 0 Å². The number of quaternary nitrogens is 1. The van der Waals surface area contributed by atoms with E-state index in [1.54, 1.807) is 0 Å². The molecular weight excluding hydrogens is 434 g/mol. The summed E-state index contributed by atoms with van der Waals surface area (Å²) in [5.74, 6) is 0.998. The van der Waals surface area contributed by atoms with Gasteiger partial charge < -0.3 is 4.48 Å². The molecule has 0 heterocycles. The van der Waals surface area contributed by atoms with Gasteiger partial charge in [0.05, 0.1) is 25.7 Å². The molecular formula is C35H72N+. The highest BCUT2D eigenvalue weighted by Gasteiger charge is 2.42. The molecule has 0 saturated heterocycles. The Labute approximate surface area is 230 Å². The molecule has 1 rings (SSSR count). The Hall–Kier alpha value is -0.0400. The zero-order valence-corrected chi connectivity index (χ0v) is 26.3. The second-order valence-electron chi connectivity index (χ2n) is 13.0. The molecule has 1 nitrogen and oxygen atoms in total. The average Bonchev–Trinajstić information content (AvgIpc) is 2.89. The fourth-order valence-corrected chi connectivity index (χ4v) is 7.61. The van der Waals surface area contributed by atoms with Crippen LogP contribution in [0.15, 0.2) is 0 Å². The highest BCUT2D eigenvalue weighted by molar-refractivity contribution is 4.78. The van der Waals surface area contributed by atoms with Crippen molar-refractivity contribution in [3.63, 3.8) is 0 Å². The zero-order valence-electron chi connectivity index (χ0n) is 26.3. The molecule has 2 unspecified atom stereocenters. The molecule has 1 aliphatic rings. The van der Waals surface area contributed by atoms with Gasteiger partial charge >= 0.3 is 0 Å². The molecule has 0 aliphatic heterocycles. The topological polar surface area (TPSA) is 0 Å². The van der Waals surface area contributed by atoms with Crippen molar-refractivity contribution in [2.75, 3.05) is 13.6 Å². The summed E-state index contributed by atoms with van der Waals surface area (Å²) < 4.78 is 1.42. The molecule has 36 heavy (non-hydrogen) atoms. The second-order valence-corrected chi connectivity index (χ2v) is 13.0. The number of hydrogen-bond acceptors (Lipinski definition) is 0. The van der Waals surface area contributed by atoms with E-state index in [4.69, 9.17) is 0 Å². The van der Waals surface area contributed by atoms with Crippen molar-refractivity contribution < 1.29 is 4.48 Å². The van der Waals surface area contributed by atoms with Crippen molar-refractivity contribution >= 4 is 0 Å². The molecule has 216 valence electrons. The molecule has 1 aliphatic carbocycles. The first-order valence-corrected chi connectivity index (χ1v) is 17.5. The minimum atomic E-state index is 0.894. The standard InChI is InChI=1S/C35H72N/c1-6-10-12-13-14-15-16-17-18-19-20-21-22-26-32-36(5,34(27-8-3)28-9-4)35(31-11-7-2)33-29-24-23-25-30-33/h33-35H,6-32H2,1-5H3/q+1. The molecule has 0 aromatic carbocycles. The average molecular weight is 507 g/mol. The Morgan fingerprint density at radius 3 is 1.39 bits per heavy atom. The molecule has 0 amide bonds. The van der Waals surface area contributed by atoms with Crippen LogP contribution < -0.4 is 0 Å². The molecule has 2 atom stereocenters. The van der Waals surface area contributed by atoms with E-state index in [2.05, 4.69) is 34.7 Å². The van der Waals surface area contributed by atoms with Crippen LogP contribution in [-0.2, 0) is 0 Å². The van der Waals surface area contributed by atoms with Crippen LogP contribution in [0.4, 0.5) is 0 Å². The SMILES string of the molecule is CCCCCCCCCCCCCCCC[N+](C)(C(CCC)CCC)C(CCCC)C1CCCCC1. The summed E-state index contributed by atoms with van der Waals surface area (Å²) in [7, 11) is 2.73. The smallest absolute Gasteiger partial charge is 0.0918 e. The summed E-state index contributed by atoms with van der Waals surface area (Å²) in [6.07, 6.45) is 38.0. The van der Waals surface area contributed by atoms with Crippen molar-refractivity contribution in [2.45, 2.75) is 207 Å². The van der Waals surface area contributed by atoms with E-state index in [0.717, 1.165) is 18.0 Å². The first kappa shape index (κ1) is 34.0. The predicted molar refractivity (Wildman–Crippen MR) is 165 cm³/mol. The monoisotopic (exact) mass is 507 g/mol. The third kappa shape index (κ3) is 14.2. The minimum Gasteiger partial charge on any atom is -0.321 e. The lowest BCUT2D eigenvalue weighted by Crippen LogP contribution is -2.61. The molecule has 1 fully saturated rings. The van der Waals surface area contributed by atoms with Gasteiger partial charge in [-0.15, -0.1) is 0 Å². The maximum Gasteiger partial charge on any atom is 0.0918 e. The van der Waals surface area contributed by atoms with Crippen LogP contribution in [0.1, 0.15) is 195 Å². The fourth-order valence-electron chi connectivity index (χ4n) is 7.61. The largest absolute Gasteiger partial charge is 0.321 e. The van der Waals surface area contributed by atoms with Crippen LogP contribution in [-0.4, -0.2) is 30.2 Å². The van der Waals surface area contributed by atoms with Crippen molar-refractivity contribution in [2.24, 2.45) is 5.92 Å². The van der Waals surface area contributed by atoms with Gasteiger partial charge in [-0.05, 0) is 51.4 Å². The first-order valence-electron chi connectivity index (χ1n) is 17.5. The molecule has 0 N–H and O–H groups in total. The summed E-state index contributed by atoms with van der Waals surface area (Å²) in [4.78, 5) is 0. The second kappa shape index (κ2) is 22.9. The summed E-state index contributed by atoms with van der Waals surface area (Å²) in [6, 6.07) is 1.82. The molecule has 1 heteroatoms. The van der Waals surface area contributed by atoms with Crippen LogP contribution in [0.5, 0.6) is 0 Å². The number of rotatable bonds is 25. The van der Waals surface area contributed by atoms with Gasteiger partial charge in [0.15, 0.2) is 0 Å². The molecule has 0 radical (unpaired) electrons. The third-order valence-corrected chi connectivity index (χ3v) is 9.88. The van der Waals surface area contributed by atoms with Gasteiger partial charge in [-0.1, -0.05) is 143 Å². The summed E-state index contributed by atoms with van der Waals surface area (Å²) >= 11 is 0. The Kier molecular flexibility index (Phi) is 21.6. The predicted octanol–water partition coefficient (Wildman–Crippen LogP) is 12.0. The molecule has 0 bridgehead atoms.